The Balaban J connectivity index is 1.78. The molecular formula is C20H20N4O3. The summed E-state index contributed by atoms with van der Waals surface area (Å²) in [4.78, 5) is 28.2. The number of benzene rings is 1. The molecule has 3 aromatic rings. The summed E-state index contributed by atoms with van der Waals surface area (Å²) in [6.07, 6.45) is 4.76. The Kier molecular flexibility index (Phi) is 5.03. The molecule has 2 aromatic heterocycles. The van der Waals surface area contributed by atoms with Gasteiger partial charge in [-0.2, -0.15) is 5.10 Å². The molecule has 1 amide bonds. The average Bonchev–Trinajstić information content (AvgIpc) is 3.02. The molecule has 0 bridgehead atoms. The zero-order valence-corrected chi connectivity index (χ0v) is 15.1. The maximum Gasteiger partial charge on any atom is 0.333 e. The van der Waals surface area contributed by atoms with E-state index < -0.39 is 17.4 Å². The summed E-state index contributed by atoms with van der Waals surface area (Å²) in [7, 11) is 0. The monoisotopic (exact) mass is 364 g/mol. The summed E-state index contributed by atoms with van der Waals surface area (Å²) in [6, 6.07) is 13.0. The van der Waals surface area contributed by atoms with Crippen LogP contribution in [-0.4, -0.2) is 31.7 Å². The number of aryl methyl sites for hydroxylation is 1. The topological polar surface area (TPSA) is 97.1 Å². The van der Waals surface area contributed by atoms with E-state index in [0.717, 1.165) is 16.8 Å². The molecule has 27 heavy (non-hydrogen) atoms. The number of aromatic nitrogens is 3. The second kappa shape index (κ2) is 7.41. The molecule has 0 saturated heterocycles. The lowest BCUT2D eigenvalue weighted by Crippen LogP contribution is -2.50. The van der Waals surface area contributed by atoms with E-state index >= 15 is 0 Å². The summed E-state index contributed by atoms with van der Waals surface area (Å²) < 4.78 is 1.51. The average molecular weight is 364 g/mol. The number of nitrogens with one attached hydrogen (secondary N) is 1. The van der Waals surface area contributed by atoms with E-state index in [1.165, 1.54) is 17.8 Å². The van der Waals surface area contributed by atoms with Crippen LogP contribution in [0.15, 0.2) is 61.1 Å². The van der Waals surface area contributed by atoms with Gasteiger partial charge in [0, 0.05) is 29.7 Å². The second-order valence-corrected chi connectivity index (χ2v) is 6.41. The van der Waals surface area contributed by atoms with Crippen LogP contribution in [-0.2, 0) is 21.7 Å². The van der Waals surface area contributed by atoms with Crippen molar-refractivity contribution in [3.05, 3.63) is 72.3 Å². The lowest BCUT2D eigenvalue weighted by molar-refractivity contribution is -0.147. The first-order chi connectivity index (χ1) is 12.9. The van der Waals surface area contributed by atoms with Gasteiger partial charge in [0.2, 0.25) is 5.91 Å². The highest BCUT2D eigenvalue weighted by atomic mass is 16.4. The van der Waals surface area contributed by atoms with E-state index in [4.69, 9.17) is 0 Å². The van der Waals surface area contributed by atoms with Crippen LogP contribution in [0.4, 0.5) is 0 Å². The summed E-state index contributed by atoms with van der Waals surface area (Å²) >= 11 is 0. The Bertz CT molecular complexity index is 954. The van der Waals surface area contributed by atoms with E-state index in [1.54, 1.807) is 24.5 Å². The minimum Gasteiger partial charge on any atom is -0.479 e. The first-order valence-corrected chi connectivity index (χ1v) is 8.44. The SMILES string of the molecule is Cc1nn(CC(=O)NC(C)(C(=O)O)c2cccnc2)cc1-c1ccccc1. The predicted molar refractivity (Wildman–Crippen MR) is 99.8 cm³/mol. The van der Waals surface area contributed by atoms with Crippen molar-refractivity contribution in [2.45, 2.75) is 25.9 Å². The third kappa shape index (κ3) is 3.87. The van der Waals surface area contributed by atoms with Crippen molar-refractivity contribution in [2.24, 2.45) is 0 Å². The van der Waals surface area contributed by atoms with Crippen LogP contribution in [0, 0.1) is 6.92 Å². The first kappa shape index (κ1) is 18.3. The number of rotatable bonds is 6. The van der Waals surface area contributed by atoms with Crippen LogP contribution in [0.3, 0.4) is 0 Å². The van der Waals surface area contributed by atoms with Gasteiger partial charge in [-0.05, 0) is 25.5 Å². The van der Waals surface area contributed by atoms with Crippen molar-refractivity contribution < 1.29 is 14.7 Å². The number of hydrogen-bond donors (Lipinski definition) is 2. The maximum atomic E-state index is 12.5. The number of pyridine rings is 1. The van der Waals surface area contributed by atoms with Crippen LogP contribution >= 0.6 is 0 Å². The minimum atomic E-state index is -1.57. The zero-order chi connectivity index (χ0) is 19.4. The molecule has 0 saturated carbocycles. The van der Waals surface area contributed by atoms with Crippen molar-refractivity contribution in [1.82, 2.24) is 20.1 Å². The van der Waals surface area contributed by atoms with E-state index in [1.807, 2.05) is 37.3 Å². The highest BCUT2D eigenvalue weighted by Crippen LogP contribution is 2.23. The molecule has 7 heteroatoms. The predicted octanol–water partition coefficient (Wildman–Crippen LogP) is 2.37. The van der Waals surface area contributed by atoms with Crippen LogP contribution in [0.25, 0.3) is 11.1 Å². The van der Waals surface area contributed by atoms with E-state index in [2.05, 4.69) is 15.4 Å². The normalized spacial score (nSPS) is 13.0. The van der Waals surface area contributed by atoms with Crippen LogP contribution < -0.4 is 5.32 Å². The molecule has 0 aliphatic carbocycles. The van der Waals surface area contributed by atoms with Gasteiger partial charge in [-0.3, -0.25) is 14.5 Å². The van der Waals surface area contributed by atoms with Crippen molar-refractivity contribution in [3.63, 3.8) is 0 Å². The molecule has 138 valence electrons. The van der Waals surface area contributed by atoms with Crippen LogP contribution in [0.5, 0.6) is 0 Å². The van der Waals surface area contributed by atoms with Crippen molar-refractivity contribution in [1.29, 1.82) is 0 Å². The number of carbonyl (C=O) groups is 2. The molecule has 0 spiro atoms. The minimum absolute atomic E-state index is 0.0865. The molecule has 3 rings (SSSR count). The molecule has 0 aliphatic rings. The van der Waals surface area contributed by atoms with E-state index in [-0.39, 0.29) is 6.54 Å². The summed E-state index contributed by atoms with van der Waals surface area (Å²) in [5.41, 5.74) is 1.55. The Labute approximate surface area is 156 Å². The van der Waals surface area contributed by atoms with Crippen LogP contribution in [0.2, 0.25) is 0 Å². The van der Waals surface area contributed by atoms with Gasteiger partial charge in [0.1, 0.15) is 6.54 Å². The standard InChI is InChI=1S/C20H20N4O3/c1-14-17(15-7-4-3-5-8-15)12-24(23-14)13-18(25)22-20(2,19(26)27)16-9-6-10-21-11-16/h3-12H,13H2,1-2H3,(H,22,25)(H,26,27). The summed E-state index contributed by atoms with van der Waals surface area (Å²) in [5.74, 6) is -1.61. The van der Waals surface area contributed by atoms with Gasteiger partial charge in [-0.25, -0.2) is 4.79 Å². The fraction of sp³-hybridized carbons (Fsp3) is 0.200. The van der Waals surface area contributed by atoms with Gasteiger partial charge < -0.3 is 10.4 Å². The fourth-order valence-electron chi connectivity index (χ4n) is 2.87. The van der Waals surface area contributed by atoms with Crippen LogP contribution in [0.1, 0.15) is 18.2 Å². The number of carboxylic acid groups (broad SMARTS) is 1. The smallest absolute Gasteiger partial charge is 0.333 e. The van der Waals surface area contributed by atoms with Gasteiger partial charge in [-0.15, -0.1) is 0 Å². The Morgan fingerprint density at radius 3 is 2.56 bits per heavy atom. The number of carboxylic acids is 1. The molecule has 2 heterocycles. The summed E-state index contributed by atoms with van der Waals surface area (Å²) in [6.45, 7) is 3.22. The fourth-order valence-corrected chi connectivity index (χ4v) is 2.87. The lowest BCUT2D eigenvalue weighted by Gasteiger charge is -2.26. The van der Waals surface area contributed by atoms with E-state index in [0.29, 0.717) is 5.56 Å². The molecule has 7 nitrogen and oxygen atoms in total. The Morgan fingerprint density at radius 1 is 1.19 bits per heavy atom. The Morgan fingerprint density at radius 2 is 1.93 bits per heavy atom. The maximum absolute atomic E-state index is 12.5. The highest BCUT2D eigenvalue weighted by molar-refractivity contribution is 5.87. The lowest BCUT2D eigenvalue weighted by atomic mass is 9.93. The molecule has 1 atom stereocenters. The number of amides is 1. The molecular weight excluding hydrogens is 344 g/mol. The quantitative estimate of drug-likeness (QED) is 0.700. The molecule has 0 fully saturated rings. The van der Waals surface area contributed by atoms with Gasteiger partial charge in [-0.1, -0.05) is 36.4 Å². The largest absolute Gasteiger partial charge is 0.479 e. The highest BCUT2D eigenvalue weighted by Gasteiger charge is 2.37. The number of aliphatic carboxylic acids is 1. The van der Waals surface area contributed by atoms with E-state index in [9.17, 15) is 14.7 Å². The number of nitrogens with zero attached hydrogens (tertiary/aromatic N) is 3. The third-order valence-electron chi connectivity index (χ3n) is 4.39. The molecule has 2 N–H and O–H groups in total. The van der Waals surface area contributed by atoms with Crippen molar-refractivity contribution in [2.75, 3.05) is 0 Å². The van der Waals surface area contributed by atoms with Gasteiger partial charge in [0.25, 0.3) is 0 Å². The Hall–Kier alpha value is -3.48. The van der Waals surface area contributed by atoms with Crippen molar-refractivity contribution in [3.8, 4) is 11.1 Å². The second-order valence-electron chi connectivity index (χ2n) is 6.41. The number of carbonyl (C=O) groups excluding carboxylic acids is 1. The molecule has 0 radical (unpaired) electrons. The molecule has 1 aromatic carbocycles. The summed E-state index contributed by atoms with van der Waals surface area (Å²) in [5, 5.41) is 16.6. The van der Waals surface area contributed by atoms with Gasteiger partial charge in [0.15, 0.2) is 5.54 Å². The van der Waals surface area contributed by atoms with Gasteiger partial charge in [0.05, 0.1) is 5.69 Å². The molecule has 1 unspecified atom stereocenters. The molecule has 0 aliphatic heterocycles. The number of hydrogen-bond acceptors (Lipinski definition) is 4. The van der Waals surface area contributed by atoms with Crippen molar-refractivity contribution >= 4 is 11.9 Å². The first-order valence-electron chi connectivity index (χ1n) is 8.44. The third-order valence-corrected chi connectivity index (χ3v) is 4.39. The zero-order valence-electron chi connectivity index (χ0n) is 15.1. The van der Waals surface area contributed by atoms with Gasteiger partial charge >= 0.3 is 5.97 Å².